The first-order valence-corrected chi connectivity index (χ1v) is 8.91. The van der Waals surface area contributed by atoms with E-state index in [0.717, 1.165) is 23.5 Å². The second-order valence-corrected chi connectivity index (χ2v) is 6.47. The minimum atomic E-state index is -0.250. The van der Waals surface area contributed by atoms with Gasteiger partial charge in [-0.2, -0.15) is 0 Å². The summed E-state index contributed by atoms with van der Waals surface area (Å²) < 4.78 is 0. The van der Waals surface area contributed by atoms with Gasteiger partial charge >= 0.3 is 0 Å². The molecule has 0 atom stereocenters. The molecule has 0 spiro atoms. The summed E-state index contributed by atoms with van der Waals surface area (Å²) in [5.41, 5.74) is 4.20. The quantitative estimate of drug-likeness (QED) is 0.596. The van der Waals surface area contributed by atoms with Crippen molar-refractivity contribution >= 4 is 18.9 Å². The maximum Gasteiger partial charge on any atom is 0.290 e. The number of nitrogens with one attached hydrogen (secondary N) is 1. The van der Waals surface area contributed by atoms with E-state index in [1.165, 1.54) is 5.56 Å². The van der Waals surface area contributed by atoms with E-state index >= 15 is 0 Å². The van der Waals surface area contributed by atoms with Crippen molar-refractivity contribution in [2.45, 2.75) is 26.8 Å². The molecular formula is C20H30N4O5. The number of H-pyrrole nitrogens is 1. The maximum atomic E-state index is 12.7. The Labute approximate surface area is 171 Å². The van der Waals surface area contributed by atoms with Crippen molar-refractivity contribution in [3.8, 4) is 0 Å². The van der Waals surface area contributed by atoms with Crippen LogP contribution in [0.1, 0.15) is 22.5 Å². The fraction of sp³-hybridized carbons (Fsp3) is 0.400. The zero-order chi connectivity index (χ0) is 22.2. The number of imidazole rings is 1. The number of aryl methyl sites for hydroxylation is 2. The van der Waals surface area contributed by atoms with Crippen molar-refractivity contribution in [2.75, 3.05) is 27.2 Å². The summed E-state index contributed by atoms with van der Waals surface area (Å²) >= 11 is 0. The van der Waals surface area contributed by atoms with E-state index in [-0.39, 0.29) is 18.9 Å². The van der Waals surface area contributed by atoms with Crippen LogP contribution in [0.25, 0.3) is 0 Å². The molecule has 160 valence electrons. The average Bonchev–Trinajstić information content (AvgIpc) is 3.06. The molecule has 0 unspecified atom stereocenters. The number of hydrogen-bond acceptors (Lipinski definition) is 5. The first-order chi connectivity index (χ1) is 13.8. The fourth-order valence-electron chi connectivity index (χ4n) is 2.33. The van der Waals surface area contributed by atoms with Gasteiger partial charge in [-0.15, -0.1) is 0 Å². The molecule has 0 fully saturated rings. The van der Waals surface area contributed by atoms with Crippen LogP contribution in [0.5, 0.6) is 0 Å². The third-order valence-corrected chi connectivity index (χ3v) is 3.92. The van der Waals surface area contributed by atoms with Crippen LogP contribution in [0.15, 0.2) is 30.6 Å². The summed E-state index contributed by atoms with van der Waals surface area (Å²) in [4.78, 5) is 40.8. The lowest BCUT2D eigenvalue weighted by molar-refractivity contribution is -0.131. The van der Waals surface area contributed by atoms with Gasteiger partial charge in [-0.25, -0.2) is 4.98 Å². The number of nitrogens with zero attached hydrogens (tertiary/aromatic N) is 3. The van der Waals surface area contributed by atoms with Gasteiger partial charge in [0, 0.05) is 18.8 Å². The van der Waals surface area contributed by atoms with Crippen LogP contribution >= 0.6 is 0 Å². The van der Waals surface area contributed by atoms with Crippen molar-refractivity contribution in [3.05, 3.63) is 53.1 Å². The van der Waals surface area contributed by atoms with Crippen LogP contribution in [0.2, 0.25) is 0 Å². The molecule has 0 aliphatic heterocycles. The van der Waals surface area contributed by atoms with Gasteiger partial charge in [-0.3, -0.25) is 14.4 Å². The van der Waals surface area contributed by atoms with Crippen LogP contribution in [-0.4, -0.2) is 76.0 Å². The average molecular weight is 406 g/mol. The number of likely N-dealkylation sites (N-methyl/N-ethyl adjacent to an activating group) is 1. The number of carbonyl (C=O) groups excluding carboxylic acids is 1. The molecule has 9 nitrogen and oxygen atoms in total. The minimum absolute atomic E-state index is 0.137. The van der Waals surface area contributed by atoms with Crippen molar-refractivity contribution in [2.24, 2.45) is 0 Å². The first kappa shape index (κ1) is 25.8. The Balaban J connectivity index is 0.00000116. The Morgan fingerprint density at radius 3 is 2.07 bits per heavy atom. The monoisotopic (exact) mass is 406 g/mol. The maximum absolute atomic E-state index is 12.7. The van der Waals surface area contributed by atoms with Crippen molar-refractivity contribution < 1.29 is 24.6 Å². The number of benzene rings is 1. The molecule has 9 heteroatoms. The zero-order valence-electron chi connectivity index (χ0n) is 17.3. The molecule has 2 aromatic rings. The molecule has 1 aromatic carbocycles. The summed E-state index contributed by atoms with van der Waals surface area (Å²) in [6.45, 7) is 5.62. The van der Waals surface area contributed by atoms with E-state index in [1.54, 1.807) is 6.33 Å². The largest absolute Gasteiger partial charge is 0.483 e. The molecule has 0 saturated carbocycles. The number of aromatic nitrogens is 2. The topological polar surface area (TPSA) is 127 Å². The third kappa shape index (κ3) is 11.3. The highest BCUT2D eigenvalue weighted by Gasteiger charge is 2.17. The van der Waals surface area contributed by atoms with Gasteiger partial charge in [0.15, 0.2) is 0 Å². The lowest BCUT2D eigenvalue weighted by atomic mass is 10.1. The van der Waals surface area contributed by atoms with Crippen molar-refractivity contribution in [1.82, 2.24) is 19.8 Å². The molecule has 29 heavy (non-hydrogen) atoms. The minimum Gasteiger partial charge on any atom is -0.483 e. The molecule has 0 aliphatic carbocycles. The predicted octanol–water partition coefficient (Wildman–Crippen LogP) is 1.56. The summed E-state index contributed by atoms with van der Waals surface area (Å²) in [6.07, 6.45) is 2.11. The van der Waals surface area contributed by atoms with Crippen molar-refractivity contribution in [1.29, 1.82) is 0 Å². The highest BCUT2D eigenvalue weighted by molar-refractivity contribution is 5.78. The standard InChI is InChI=1S/C18H26N4O.2CH2O2/c1-14-5-7-16(8-6-14)11-18(23)22(10-9-21(3)4)12-17-15(2)19-13-20-17;2*2-1-3/h5-8,13H,9-12H2,1-4H3,(H,19,20);2*1H,(H,2,3). The molecule has 2 rings (SSSR count). The van der Waals surface area contributed by atoms with Crippen LogP contribution in [-0.2, 0) is 27.3 Å². The summed E-state index contributed by atoms with van der Waals surface area (Å²) in [6, 6.07) is 8.14. The van der Waals surface area contributed by atoms with Crippen LogP contribution in [0.4, 0.5) is 0 Å². The zero-order valence-corrected chi connectivity index (χ0v) is 17.3. The van der Waals surface area contributed by atoms with Gasteiger partial charge in [0.05, 0.1) is 25.0 Å². The Kier molecular flexibility index (Phi) is 13.2. The van der Waals surface area contributed by atoms with Crippen molar-refractivity contribution in [3.63, 3.8) is 0 Å². The number of carbonyl (C=O) groups is 3. The highest BCUT2D eigenvalue weighted by Crippen LogP contribution is 2.10. The number of rotatable bonds is 7. The summed E-state index contributed by atoms with van der Waals surface area (Å²) in [5, 5.41) is 13.8. The molecule has 0 saturated heterocycles. The normalized spacial score (nSPS) is 9.55. The van der Waals surface area contributed by atoms with E-state index < -0.39 is 0 Å². The highest BCUT2D eigenvalue weighted by atomic mass is 16.3. The molecule has 3 N–H and O–H groups in total. The van der Waals surface area contributed by atoms with Crippen LogP contribution < -0.4 is 0 Å². The first-order valence-electron chi connectivity index (χ1n) is 8.91. The van der Waals surface area contributed by atoms with Gasteiger partial charge in [0.1, 0.15) is 0 Å². The SMILES string of the molecule is Cc1ccc(CC(=O)N(CCN(C)C)Cc2nc[nH]c2C)cc1.O=CO.O=CO. The Morgan fingerprint density at radius 1 is 1.07 bits per heavy atom. The Hall–Kier alpha value is -3.20. The van der Waals surface area contributed by atoms with E-state index in [2.05, 4.69) is 21.8 Å². The van der Waals surface area contributed by atoms with E-state index in [1.807, 2.05) is 50.2 Å². The van der Waals surface area contributed by atoms with Crippen LogP contribution in [0.3, 0.4) is 0 Å². The molecule has 0 radical (unpaired) electrons. The molecule has 1 aromatic heterocycles. The van der Waals surface area contributed by atoms with Crippen LogP contribution in [0, 0.1) is 13.8 Å². The van der Waals surface area contributed by atoms with Gasteiger partial charge in [-0.1, -0.05) is 29.8 Å². The number of aromatic amines is 1. The molecule has 1 amide bonds. The van der Waals surface area contributed by atoms with E-state index in [0.29, 0.717) is 19.5 Å². The van der Waals surface area contributed by atoms with Gasteiger partial charge < -0.3 is 25.0 Å². The molecule has 0 aliphatic rings. The second-order valence-electron chi connectivity index (χ2n) is 6.47. The lowest BCUT2D eigenvalue weighted by Crippen LogP contribution is -2.37. The number of amides is 1. The van der Waals surface area contributed by atoms with Gasteiger partial charge in [-0.05, 0) is 33.5 Å². The summed E-state index contributed by atoms with van der Waals surface area (Å²) in [7, 11) is 4.03. The summed E-state index contributed by atoms with van der Waals surface area (Å²) in [5.74, 6) is 0.137. The number of hydrogen-bond donors (Lipinski definition) is 3. The molecule has 1 heterocycles. The van der Waals surface area contributed by atoms with Gasteiger partial charge in [0.2, 0.25) is 5.91 Å². The second kappa shape index (κ2) is 14.8. The smallest absolute Gasteiger partial charge is 0.290 e. The Bertz CT molecular complexity index is 723. The lowest BCUT2D eigenvalue weighted by Gasteiger charge is -2.24. The van der Waals surface area contributed by atoms with E-state index in [4.69, 9.17) is 19.8 Å². The number of carboxylic acid groups (broad SMARTS) is 2. The fourth-order valence-corrected chi connectivity index (χ4v) is 2.33. The molecule has 0 bridgehead atoms. The molecular weight excluding hydrogens is 376 g/mol. The van der Waals surface area contributed by atoms with Gasteiger partial charge in [0.25, 0.3) is 12.9 Å². The van der Waals surface area contributed by atoms with E-state index in [9.17, 15) is 4.79 Å². The third-order valence-electron chi connectivity index (χ3n) is 3.92. The Morgan fingerprint density at radius 2 is 1.62 bits per heavy atom. The predicted molar refractivity (Wildman–Crippen MR) is 110 cm³/mol.